The van der Waals surface area contributed by atoms with Crippen LogP contribution in [0.4, 0.5) is 8.78 Å². The third kappa shape index (κ3) is 3.34. The number of halogens is 2. The van der Waals surface area contributed by atoms with Crippen LogP contribution in [0, 0.1) is 6.92 Å². The number of aryl methyl sites for hydroxylation is 1. The number of hydrogen-bond acceptors (Lipinski definition) is 4. The minimum Gasteiger partial charge on any atom is -0.435 e. The first kappa shape index (κ1) is 15.9. The molecule has 0 saturated carbocycles. The van der Waals surface area contributed by atoms with Crippen LogP contribution in [0.5, 0.6) is 5.75 Å². The zero-order valence-electron chi connectivity index (χ0n) is 12.9. The normalized spacial score (nSPS) is 11.0. The number of ether oxygens (including phenoxy) is 1. The average Bonchev–Trinajstić information content (AvgIpc) is 2.55. The first-order valence-electron chi connectivity index (χ1n) is 7.30. The molecule has 3 aromatic rings. The van der Waals surface area contributed by atoms with Crippen LogP contribution in [-0.4, -0.2) is 16.3 Å². The van der Waals surface area contributed by atoms with E-state index in [0.717, 1.165) is 5.56 Å². The molecule has 0 amide bonds. The molecule has 5 nitrogen and oxygen atoms in total. The van der Waals surface area contributed by atoms with E-state index in [1.165, 1.54) is 16.8 Å². The lowest BCUT2D eigenvalue weighted by Gasteiger charge is -2.13. The molecule has 0 aliphatic heterocycles. The molecule has 0 unspecified atom stereocenters. The number of aromatic nitrogens is 2. The number of fused-ring (bicyclic) bond motifs is 1. The molecule has 3 rings (SSSR count). The smallest absolute Gasteiger partial charge is 0.387 e. The van der Waals surface area contributed by atoms with Gasteiger partial charge in [0.2, 0.25) is 0 Å². The Hall–Kier alpha value is -2.96. The zero-order valence-corrected chi connectivity index (χ0v) is 12.9. The van der Waals surface area contributed by atoms with E-state index in [1.807, 2.05) is 6.07 Å². The molecule has 0 radical (unpaired) electrons. The molecular formula is C17H15F2N3O2. The molecule has 0 saturated heterocycles. The molecule has 1 N–H and O–H groups in total. The van der Waals surface area contributed by atoms with Crippen LogP contribution in [0.3, 0.4) is 0 Å². The molecule has 0 aliphatic carbocycles. The van der Waals surface area contributed by atoms with Crippen LogP contribution in [0.2, 0.25) is 0 Å². The second-order valence-electron chi connectivity index (χ2n) is 5.17. The molecule has 0 bridgehead atoms. The highest BCUT2D eigenvalue weighted by Crippen LogP contribution is 2.15. The van der Waals surface area contributed by atoms with Crippen molar-refractivity contribution >= 4 is 10.9 Å². The van der Waals surface area contributed by atoms with Gasteiger partial charge >= 0.3 is 6.61 Å². The minimum atomic E-state index is -2.85. The van der Waals surface area contributed by atoms with Gasteiger partial charge < -0.3 is 10.2 Å². The Bertz CT molecular complexity index is 908. The third-order valence-electron chi connectivity index (χ3n) is 3.53. The van der Waals surface area contributed by atoms with Crippen LogP contribution in [0.25, 0.3) is 10.9 Å². The minimum absolute atomic E-state index is 0.0921. The van der Waals surface area contributed by atoms with Crippen molar-refractivity contribution in [1.29, 1.82) is 0 Å². The molecule has 1 heterocycles. The van der Waals surface area contributed by atoms with Crippen molar-refractivity contribution in [1.82, 2.24) is 9.66 Å². The lowest BCUT2D eigenvalue weighted by Crippen LogP contribution is -2.31. The SMILES string of the molecule is Cc1nc2ccccc2c(=O)n1NCc1ccc(OC(F)F)cc1. The van der Waals surface area contributed by atoms with Crippen molar-refractivity contribution in [2.45, 2.75) is 20.1 Å². The Morgan fingerprint density at radius 1 is 1.17 bits per heavy atom. The van der Waals surface area contributed by atoms with Gasteiger partial charge in [0, 0.05) is 0 Å². The van der Waals surface area contributed by atoms with Crippen molar-refractivity contribution in [3.63, 3.8) is 0 Å². The highest BCUT2D eigenvalue weighted by Gasteiger charge is 2.08. The maximum absolute atomic E-state index is 12.5. The van der Waals surface area contributed by atoms with Crippen molar-refractivity contribution in [3.05, 3.63) is 70.3 Å². The Balaban J connectivity index is 1.79. The van der Waals surface area contributed by atoms with E-state index >= 15 is 0 Å². The van der Waals surface area contributed by atoms with Crippen LogP contribution in [0.15, 0.2) is 53.3 Å². The fourth-order valence-corrected chi connectivity index (χ4v) is 2.39. The Labute approximate surface area is 136 Å². The topological polar surface area (TPSA) is 56.2 Å². The van der Waals surface area contributed by atoms with Gasteiger partial charge in [-0.1, -0.05) is 24.3 Å². The van der Waals surface area contributed by atoms with Gasteiger partial charge in [-0.05, 0) is 36.8 Å². The summed E-state index contributed by atoms with van der Waals surface area (Å²) in [7, 11) is 0. The summed E-state index contributed by atoms with van der Waals surface area (Å²) in [5.41, 5.74) is 4.28. The van der Waals surface area contributed by atoms with Gasteiger partial charge in [0.15, 0.2) is 0 Å². The summed E-state index contributed by atoms with van der Waals surface area (Å²) in [6.45, 7) is -0.769. The van der Waals surface area contributed by atoms with Gasteiger partial charge in [0.1, 0.15) is 11.6 Å². The third-order valence-corrected chi connectivity index (χ3v) is 3.53. The molecule has 7 heteroatoms. The van der Waals surface area contributed by atoms with E-state index in [0.29, 0.717) is 23.3 Å². The lowest BCUT2D eigenvalue weighted by atomic mass is 10.2. The van der Waals surface area contributed by atoms with Crippen LogP contribution < -0.4 is 15.7 Å². The van der Waals surface area contributed by atoms with Gasteiger partial charge in [-0.3, -0.25) is 4.79 Å². The van der Waals surface area contributed by atoms with Crippen molar-refractivity contribution < 1.29 is 13.5 Å². The van der Waals surface area contributed by atoms with Crippen LogP contribution in [-0.2, 0) is 6.54 Å². The van der Waals surface area contributed by atoms with Gasteiger partial charge in [0.25, 0.3) is 5.56 Å². The molecule has 0 aliphatic rings. The number of benzene rings is 2. The second kappa shape index (κ2) is 6.66. The summed E-state index contributed by atoms with van der Waals surface area (Å²) in [6, 6.07) is 13.3. The largest absolute Gasteiger partial charge is 0.435 e. The van der Waals surface area contributed by atoms with E-state index in [4.69, 9.17) is 0 Å². The van der Waals surface area contributed by atoms with Crippen LogP contribution in [0.1, 0.15) is 11.4 Å². The molecular weight excluding hydrogens is 316 g/mol. The molecule has 0 fully saturated rings. The Morgan fingerprint density at radius 2 is 1.88 bits per heavy atom. The monoisotopic (exact) mass is 331 g/mol. The Morgan fingerprint density at radius 3 is 2.58 bits per heavy atom. The first-order chi connectivity index (χ1) is 11.5. The Kier molecular flexibility index (Phi) is 4.41. The summed E-state index contributed by atoms with van der Waals surface area (Å²) in [6.07, 6.45) is 0. The van der Waals surface area contributed by atoms with Crippen molar-refractivity contribution in [2.75, 3.05) is 5.43 Å². The number of alkyl halides is 2. The lowest BCUT2D eigenvalue weighted by molar-refractivity contribution is -0.0498. The predicted molar refractivity (Wildman–Crippen MR) is 86.9 cm³/mol. The number of para-hydroxylation sites is 1. The highest BCUT2D eigenvalue weighted by molar-refractivity contribution is 5.77. The fraction of sp³-hybridized carbons (Fsp3) is 0.176. The van der Waals surface area contributed by atoms with E-state index < -0.39 is 6.61 Å². The van der Waals surface area contributed by atoms with Gasteiger partial charge in [-0.25, -0.2) is 9.66 Å². The summed E-state index contributed by atoms with van der Waals surface area (Å²) in [5, 5.41) is 0.524. The number of hydrogen-bond donors (Lipinski definition) is 1. The van der Waals surface area contributed by atoms with Crippen molar-refractivity contribution in [2.24, 2.45) is 0 Å². The quantitative estimate of drug-likeness (QED) is 0.781. The van der Waals surface area contributed by atoms with E-state index in [2.05, 4.69) is 15.1 Å². The number of rotatable bonds is 5. The first-order valence-corrected chi connectivity index (χ1v) is 7.30. The molecule has 0 atom stereocenters. The average molecular weight is 331 g/mol. The maximum atomic E-state index is 12.5. The van der Waals surface area contributed by atoms with E-state index in [-0.39, 0.29) is 11.3 Å². The van der Waals surface area contributed by atoms with E-state index in [9.17, 15) is 13.6 Å². The number of nitrogens with zero attached hydrogens (tertiary/aromatic N) is 2. The molecule has 124 valence electrons. The second-order valence-corrected chi connectivity index (χ2v) is 5.17. The highest BCUT2D eigenvalue weighted by atomic mass is 19.3. The maximum Gasteiger partial charge on any atom is 0.387 e. The van der Waals surface area contributed by atoms with Gasteiger partial charge in [-0.2, -0.15) is 8.78 Å². The standard InChI is InChI=1S/C17H15F2N3O2/c1-11-21-15-5-3-2-4-14(15)16(23)22(11)20-10-12-6-8-13(9-7-12)24-17(18)19/h2-9,17,20H,10H2,1H3. The summed E-state index contributed by atoms with van der Waals surface area (Å²) < 4.78 is 29.9. The molecule has 2 aromatic carbocycles. The predicted octanol–water partition coefficient (Wildman–Crippen LogP) is 3.05. The van der Waals surface area contributed by atoms with Gasteiger partial charge in [-0.15, -0.1) is 0 Å². The zero-order chi connectivity index (χ0) is 17.1. The summed E-state index contributed by atoms with van der Waals surface area (Å²) in [5.74, 6) is 0.630. The van der Waals surface area contributed by atoms with Crippen LogP contribution >= 0.6 is 0 Å². The summed E-state index contributed by atoms with van der Waals surface area (Å²) in [4.78, 5) is 16.9. The fourth-order valence-electron chi connectivity index (χ4n) is 2.39. The summed E-state index contributed by atoms with van der Waals surface area (Å²) >= 11 is 0. The van der Waals surface area contributed by atoms with Crippen molar-refractivity contribution in [3.8, 4) is 5.75 Å². The number of nitrogens with one attached hydrogen (secondary N) is 1. The molecule has 0 spiro atoms. The van der Waals surface area contributed by atoms with Gasteiger partial charge in [0.05, 0.1) is 17.4 Å². The molecule has 1 aromatic heterocycles. The van der Waals surface area contributed by atoms with E-state index in [1.54, 1.807) is 37.3 Å². The molecule has 24 heavy (non-hydrogen) atoms.